The summed E-state index contributed by atoms with van der Waals surface area (Å²) >= 11 is 17.1. The van der Waals surface area contributed by atoms with Crippen molar-refractivity contribution in [2.45, 2.75) is 0 Å². The molecule has 0 aliphatic rings. The highest BCUT2D eigenvalue weighted by molar-refractivity contribution is 6.35. The predicted octanol–water partition coefficient (Wildman–Crippen LogP) is 3.67. The second-order valence-electron chi connectivity index (χ2n) is 3.17. The van der Waals surface area contributed by atoms with Crippen molar-refractivity contribution in [3.05, 3.63) is 57.0 Å². The van der Waals surface area contributed by atoms with Gasteiger partial charge in [-0.05, 0) is 24.3 Å². The third kappa shape index (κ3) is 2.75. The number of halogens is 3. The molecule has 6 heteroatoms. The smallest absolute Gasteiger partial charge is 0.214 e. The third-order valence-corrected chi connectivity index (χ3v) is 2.72. The van der Waals surface area contributed by atoms with E-state index in [1.165, 1.54) is 6.20 Å². The summed E-state index contributed by atoms with van der Waals surface area (Å²) in [5.74, 6) is -0.323. The Kier molecular flexibility index (Phi) is 3.62. The van der Waals surface area contributed by atoms with Gasteiger partial charge in [-0.1, -0.05) is 34.8 Å². The van der Waals surface area contributed by atoms with Gasteiger partial charge in [0.15, 0.2) is 5.15 Å². The number of carbonyl (C=O) groups excluding carboxylic acids is 1. The van der Waals surface area contributed by atoms with Crippen LogP contribution in [0.25, 0.3) is 0 Å². The lowest BCUT2D eigenvalue weighted by Crippen LogP contribution is -2.06. The fourth-order valence-electron chi connectivity index (χ4n) is 1.24. The van der Waals surface area contributed by atoms with Gasteiger partial charge in [-0.2, -0.15) is 0 Å². The standard InChI is InChI=1S/C11H5Cl3N2O/c12-7-3-1-6(2-4-7)10(17)9-11(14)16-8(13)5-15-9/h1-5H. The molecular formula is C11H5Cl3N2O. The summed E-state index contributed by atoms with van der Waals surface area (Å²) in [5, 5.41) is 0.676. The lowest BCUT2D eigenvalue weighted by Gasteiger charge is -2.02. The van der Waals surface area contributed by atoms with Crippen molar-refractivity contribution in [3.8, 4) is 0 Å². The number of carbonyl (C=O) groups is 1. The van der Waals surface area contributed by atoms with E-state index in [1.807, 2.05) is 0 Å². The Bertz CT molecular complexity index is 569. The van der Waals surface area contributed by atoms with Gasteiger partial charge >= 0.3 is 0 Å². The topological polar surface area (TPSA) is 42.9 Å². The van der Waals surface area contributed by atoms with Gasteiger partial charge in [-0.3, -0.25) is 4.79 Å². The number of rotatable bonds is 2. The summed E-state index contributed by atoms with van der Waals surface area (Å²) in [6.07, 6.45) is 1.27. The molecule has 0 atom stereocenters. The first-order valence-corrected chi connectivity index (χ1v) is 5.69. The highest BCUT2D eigenvalue weighted by Crippen LogP contribution is 2.18. The van der Waals surface area contributed by atoms with Crippen LogP contribution in [0.3, 0.4) is 0 Å². The Morgan fingerprint density at radius 3 is 2.29 bits per heavy atom. The molecule has 17 heavy (non-hydrogen) atoms. The van der Waals surface area contributed by atoms with Crippen molar-refractivity contribution in [1.82, 2.24) is 9.97 Å². The van der Waals surface area contributed by atoms with Crippen molar-refractivity contribution < 1.29 is 4.79 Å². The Balaban J connectivity index is 2.40. The molecule has 0 aliphatic carbocycles. The molecule has 0 unspecified atom stereocenters. The number of nitrogens with zero attached hydrogens (tertiary/aromatic N) is 2. The van der Waals surface area contributed by atoms with Crippen LogP contribution < -0.4 is 0 Å². The molecule has 0 N–H and O–H groups in total. The van der Waals surface area contributed by atoms with Gasteiger partial charge in [0.25, 0.3) is 0 Å². The molecule has 0 fully saturated rings. The molecule has 1 aromatic heterocycles. The van der Waals surface area contributed by atoms with Gasteiger partial charge in [0, 0.05) is 10.6 Å². The van der Waals surface area contributed by atoms with Crippen molar-refractivity contribution in [3.63, 3.8) is 0 Å². The molecule has 0 bridgehead atoms. The summed E-state index contributed by atoms with van der Waals surface area (Å²) in [6.45, 7) is 0. The van der Waals surface area contributed by atoms with Crippen LogP contribution in [-0.4, -0.2) is 15.8 Å². The quantitative estimate of drug-likeness (QED) is 0.792. The fraction of sp³-hybridized carbons (Fsp3) is 0. The number of hydrogen-bond acceptors (Lipinski definition) is 3. The van der Waals surface area contributed by atoms with Crippen LogP contribution in [0.5, 0.6) is 0 Å². The first-order chi connectivity index (χ1) is 8.08. The van der Waals surface area contributed by atoms with Crippen LogP contribution in [-0.2, 0) is 0 Å². The number of benzene rings is 1. The molecule has 86 valence electrons. The van der Waals surface area contributed by atoms with Gasteiger partial charge in [0.2, 0.25) is 5.78 Å². The van der Waals surface area contributed by atoms with E-state index >= 15 is 0 Å². The lowest BCUT2D eigenvalue weighted by molar-refractivity contribution is 0.103. The van der Waals surface area contributed by atoms with E-state index in [-0.39, 0.29) is 21.8 Å². The monoisotopic (exact) mass is 286 g/mol. The molecular weight excluding hydrogens is 282 g/mol. The summed E-state index contributed by atoms with van der Waals surface area (Å²) in [4.78, 5) is 19.6. The molecule has 0 amide bonds. The first kappa shape index (κ1) is 12.3. The molecule has 0 saturated heterocycles. The molecule has 1 aromatic carbocycles. The van der Waals surface area contributed by atoms with Gasteiger partial charge in [0.05, 0.1) is 6.20 Å². The molecule has 2 aromatic rings. The number of aromatic nitrogens is 2. The second-order valence-corrected chi connectivity index (χ2v) is 4.35. The Morgan fingerprint density at radius 2 is 1.71 bits per heavy atom. The van der Waals surface area contributed by atoms with Crippen LogP contribution in [0, 0.1) is 0 Å². The van der Waals surface area contributed by atoms with Crippen LogP contribution in [0.15, 0.2) is 30.5 Å². The Labute approximate surface area is 112 Å². The predicted molar refractivity (Wildman–Crippen MR) is 66.9 cm³/mol. The van der Waals surface area contributed by atoms with Crippen molar-refractivity contribution in [1.29, 1.82) is 0 Å². The largest absolute Gasteiger partial charge is 0.287 e. The SMILES string of the molecule is O=C(c1ccc(Cl)cc1)c1ncc(Cl)nc1Cl. The van der Waals surface area contributed by atoms with E-state index in [1.54, 1.807) is 24.3 Å². The Morgan fingerprint density at radius 1 is 1.06 bits per heavy atom. The number of ketones is 1. The van der Waals surface area contributed by atoms with Crippen LogP contribution in [0.4, 0.5) is 0 Å². The summed E-state index contributed by atoms with van der Waals surface area (Å²) < 4.78 is 0. The van der Waals surface area contributed by atoms with Crippen molar-refractivity contribution in [2.75, 3.05) is 0 Å². The molecule has 2 rings (SSSR count). The lowest BCUT2D eigenvalue weighted by atomic mass is 10.1. The van der Waals surface area contributed by atoms with Crippen LogP contribution in [0.2, 0.25) is 15.3 Å². The van der Waals surface area contributed by atoms with Gasteiger partial charge in [-0.25, -0.2) is 9.97 Å². The maximum Gasteiger partial charge on any atom is 0.214 e. The van der Waals surface area contributed by atoms with Crippen LogP contribution >= 0.6 is 34.8 Å². The molecule has 3 nitrogen and oxygen atoms in total. The zero-order valence-electron chi connectivity index (χ0n) is 8.32. The zero-order valence-corrected chi connectivity index (χ0v) is 10.6. The molecule has 0 aliphatic heterocycles. The minimum atomic E-state index is -0.323. The maximum atomic E-state index is 12.0. The van der Waals surface area contributed by atoms with E-state index in [9.17, 15) is 4.79 Å². The van der Waals surface area contributed by atoms with Crippen molar-refractivity contribution in [2.24, 2.45) is 0 Å². The maximum absolute atomic E-state index is 12.0. The highest BCUT2D eigenvalue weighted by atomic mass is 35.5. The van der Waals surface area contributed by atoms with E-state index in [0.29, 0.717) is 10.6 Å². The van der Waals surface area contributed by atoms with Gasteiger partial charge in [0.1, 0.15) is 10.8 Å². The van der Waals surface area contributed by atoms with Crippen LogP contribution in [0.1, 0.15) is 16.1 Å². The molecule has 1 heterocycles. The normalized spacial score (nSPS) is 10.3. The fourth-order valence-corrected chi connectivity index (χ4v) is 1.77. The van der Waals surface area contributed by atoms with Gasteiger partial charge in [-0.15, -0.1) is 0 Å². The Hall–Kier alpha value is -1.16. The molecule has 0 saturated carbocycles. The minimum Gasteiger partial charge on any atom is -0.287 e. The van der Waals surface area contributed by atoms with E-state index < -0.39 is 0 Å². The average molecular weight is 288 g/mol. The van der Waals surface area contributed by atoms with E-state index in [0.717, 1.165) is 0 Å². The van der Waals surface area contributed by atoms with Gasteiger partial charge < -0.3 is 0 Å². The molecule has 0 spiro atoms. The third-order valence-electron chi connectivity index (χ3n) is 2.02. The highest BCUT2D eigenvalue weighted by Gasteiger charge is 2.15. The first-order valence-electron chi connectivity index (χ1n) is 4.56. The summed E-state index contributed by atoms with van der Waals surface area (Å²) in [5.41, 5.74) is 0.506. The van der Waals surface area contributed by atoms with E-state index in [4.69, 9.17) is 34.8 Å². The van der Waals surface area contributed by atoms with Crippen molar-refractivity contribution >= 4 is 40.6 Å². The number of hydrogen-bond donors (Lipinski definition) is 0. The summed E-state index contributed by atoms with van der Waals surface area (Å²) in [6, 6.07) is 6.42. The minimum absolute atomic E-state index is 0.0162. The van der Waals surface area contributed by atoms with E-state index in [2.05, 4.69) is 9.97 Å². The average Bonchev–Trinajstić information content (AvgIpc) is 2.29. The zero-order chi connectivity index (χ0) is 12.4. The summed E-state index contributed by atoms with van der Waals surface area (Å²) in [7, 11) is 0. The molecule has 0 radical (unpaired) electrons. The second kappa shape index (κ2) is 5.00.